The van der Waals surface area contributed by atoms with Gasteiger partial charge in [-0.05, 0) is 18.9 Å². The molecule has 0 saturated carbocycles. The Morgan fingerprint density at radius 2 is 2.00 bits per heavy atom. The Morgan fingerprint density at radius 3 is 2.65 bits per heavy atom. The maximum Gasteiger partial charge on any atom is 0.417 e. The van der Waals surface area contributed by atoms with Crippen LogP contribution in [0.2, 0.25) is 0 Å². The number of amides is 2. The van der Waals surface area contributed by atoms with Gasteiger partial charge in [-0.2, -0.15) is 13.2 Å². The van der Waals surface area contributed by atoms with Crippen LogP contribution < -0.4 is 10.9 Å². The lowest BCUT2D eigenvalue weighted by atomic mass is 9.95. The van der Waals surface area contributed by atoms with Gasteiger partial charge in [-0.15, -0.1) is 0 Å². The minimum absolute atomic E-state index is 0.307. The zero-order valence-corrected chi connectivity index (χ0v) is 13.8. The van der Waals surface area contributed by atoms with Crippen LogP contribution >= 0.6 is 0 Å². The summed E-state index contributed by atoms with van der Waals surface area (Å²) in [5.41, 5.74) is -2.30. The number of halogens is 3. The standard InChI is InChI=1S/C16H18F3N3O4/c17-16(18,19)11-2-3-12(23)22(8-11)9-13(24)21-6-1-4-15(5-7-21)10-20-14(25)26-15/h2-3,8H,1,4-7,9-10H2,(H,20,25). The van der Waals surface area contributed by atoms with Crippen LogP contribution in [0.15, 0.2) is 23.1 Å². The van der Waals surface area contributed by atoms with Crippen LogP contribution in [0.25, 0.3) is 0 Å². The second-order valence-electron chi connectivity index (χ2n) is 6.54. The van der Waals surface area contributed by atoms with Crippen LogP contribution in [0.4, 0.5) is 18.0 Å². The zero-order chi connectivity index (χ0) is 18.9. The van der Waals surface area contributed by atoms with E-state index in [9.17, 15) is 27.6 Å². The third kappa shape index (κ3) is 3.83. The summed E-state index contributed by atoms with van der Waals surface area (Å²) in [4.78, 5) is 37.0. The van der Waals surface area contributed by atoms with Gasteiger partial charge >= 0.3 is 12.3 Å². The van der Waals surface area contributed by atoms with E-state index in [4.69, 9.17) is 4.74 Å². The van der Waals surface area contributed by atoms with Gasteiger partial charge in [-0.3, -0.25) is 9.59 Å². The van der Waals surface area contributed by atoms with Crippen molar-refractivity contribution >= 4 is 12.0 Å². The summed E-state index contributed by atoms with van der Waals surface area (Å²) in [6.45, 7) is 0.613. The first-order valence-electron chi connectivity index (χ1n) is 8.21. The van der Waals surface area contributed by atoms with Gasteiger partial charge in [0, 0.05) is 31.8 Å². The molecule has 1 unspecified atom stereocenters. The van der Waals surface area contributed by atoms with Crippen molar-refractivity contribution < 1.29 is 27.5 Å². The molecule has 1 N–H and O–H groups in total. The number of carbonyl (C=O) groups excluding carboxylic acids is 2. The molecule has 1 atom stereocenters. The topological polar surface area (TPSA) is 80.6 Å². The molecule has 2 amide bonds. The Kier molecular flexibility index (Phi) is 4.68. The van der Waals surface area contributed by atoms with E-state index in [1.165, 1.54) is 4.90 Å². The number of hydrogen-bond acceptors (Lipinski definition) is 4. The second kappa shape index (κ2) is 6.65. The van der Waals surface area contributed by atoms with Crippen LogP contribution in [-0.4, -0.2) is 46.7 Å². The maximum atomic E-state index is 12.8. The smallest absolute Gasteiger partial charge is 0.417 e. The van der Waals surface area contributed by atoms with E-state index in [1.807, 2.05) is 0 Å². The number of hydrogen-bond donors (Lipinski definition) is 1. The molecule has 2 fully saturated rings. The van der Waals surface area contributed by atoms with Gasteiger partial charge in [0.05, 0.1) is 12.1 Å². The number of alkyl carbamates (subject to hydrolysis) is 1. The first kappa shape index (κ1) is 18.3. The minimum atomic E-state index is -4.59. The number of alkyl halides is 3. The SMILES string of the molecule is O=C1NCC2(CCCN(C(=O)Cn3cc(C(F)(F)F)ccc3=O)CC2)O1. The van der Waals surface area contributed by atoms with Crippen LogP contribution in [0, 0.1) is 0 Å². The van der Waals surface area contributed by atoms with E-state index in [1.54, 1.807) is 0 Å². The van der Waals surface area contributed by atoms with Crippen molar-refractivity contribution in [2.75, 3.05) is 19.6 Å². The molecule has 1 aromatic heterocycles. The first-order chi connectivity index (χ1) is 12.2. The molecule has 0 bridgehead atoms. The summed E-state index contributed by atoms with van der Waals surface area (Å²) in [5.74, 6) is -0.444. The molecule has 2 aliphatic heterocycles. The number of nitrogens with zero attached hydrogens (tertiary/aromatic N) is 2. The molecule has 2 saturated heterocycles. The Hall–Kier alpha value is -2.52. The number of ether oxygens (including phenoxy) is 1. The van der Waals surface area contributed by atoms with Crippen molar-refractivity contribution in [3.05, 3.63) is 34.2 Å². The predicted octanol–water partition coefficient (Wildman–Crippen LogP) is 1.36. The van der Waals surface area contributed by atoms with Crippen molar-refractivity contribution in [1.82, 2.24) is 14.8 Å². The molecule has 26 heavy (non-hydrogen) atoms. The Labute approximate surface area is 146 Å². The lowest BCUT2D eigenvalue weighted by Gasteiger charge is -2.25. The summed E-state index contributed by atoms with van der Waals surface area (Å²) in [5, 5.41) is 2.60. The second-order valence-corrected chi connectivity index (χ2v) is 6.54. The number of aromatic nitrogens is 1. The fraction of sp³-hybridized carbons (Fsp3) is 0.562. The normalized spacial score (nSPS) is 23.5. The highest BCUT2D eigenvalue weighted by molar-refractivity contribution is 5.76. The van der Waals surface area contributed by atoms with Crippen LogP contribution in [0.1, 0.15) is 24.8 Å². The molecule has 0 radical (unpaired) electrons. The first-order valence-corrected chi connectivity index (χ1v) is 8.21. The fourth-order valence-electron chi connectivity index (χ4n) is 3.27. The van der Waals surface area contributed by atoms with E-state index < -0.39 is 41.4 Å². The monoisotopic (exact) mass is 373 g/mol. The molecule has 1 spiro atoms. The lowest BCUT2D eigenvalue weighted by molar-refractivity contribution is -0.138. The van der Waals surface area contributed by atoms with Crippen molar-refractivity contribution in [1.29, 1.82) is 0 Å². The third-order valence-electron chi connectivity index (χ3n) is 4.73. The van der Waals surface area contributed by atoms with Gasteiger partial charge in [-0.25, -0.2) is 4.79 Å². The molecule has 0 aromatic carbocycles. The van der Waals surface area contributed by atoms with Gasteiger partial charge in [0.2, 0.25) is 5.91 Å². The Bertz CT molecular complexity index is 777. The molecule has 1 aromatic rings. The van der Waals surface area contributed by atoms with Gasteiger partial charge in [0.15, 0.2) is 0 Å². The number of rotatable bonds is 2. The quantitative estimate of drug-likeness (QED) is 0.849. The summed E-state index contributed by atoms with van der Waals surface area (Å²) in [6.07, 6.45) is -2.79. The highest BCUT2D eigenvalue weighted by atomic mass is 19.4. The minimum Gasteiger partial charge on any atom is -0.441 e. The Balaban J connectivity index is 1.69. The third-order valence-corrected chi connectivity index (χ3v) is 4.73. The molecular weight excluding hydrogens is 355 g/mol. The van der Waals surface area contributed by atoms with Crippen molar-refractivity contribution in [3.63, 3.8) is 0 Å². The highest BCUT2D eigenvalue weighted by Crippen LogP contribution is 2.30. The van der Waals surface area contributed by atoms with Crippen molar-refractivity contribution in [2.45, 2.75) is 37.6 Å². The van der Waals surface area contributed by atoms with E-state index in [-0.39, 0.29) is 0 Å². The number of likely N-dealkylation sites (tertiary alicyclic amines) is 1. The molecular formula is C16H18F3N3O4. The van der Waals surface area contributed by atoms with Crippen LogP contribution in [-0.2, 0) is 22.3 Å². The maximum absolute atomic E-state index is 12.8. The average Bonchev–Trinajstić information content (AvgIpc) is 2.79. The number of nitrogens with one attached hydrogen (secondary N) is 1. The van der Waals surface area contributed by atoms with E-state index >= 15 is 0 Å². The molecule has 0 aliphatic carbocycles. The predicted molar refractivity (Wildman–Crippen MR) is 83.3 cm³/mol. The summed E-state index contributed by atoms with van der Waals surface area (Å²) >= 11 is 0. The van der Waals surface area contributed by atoms with Gasteiger partial charge < -0.3 is 19.5 Å². The summed E-state index contributed by atoms with van der Waals surface area (Å²) in [6, 6.07) is 1.50. The largest absolute Gasteiger partial charge is 0.441 e. The molecule has 10 heteroatoms. The van der Waals surface area contributed by atoms with E-state index in [0.717, 1.165) is 10.6 Å². The molecule has 142 valence electrons. The molecule has 2 aliphatic rings. The summed E-state index contributed by atoms with van der Waals surface area (Å²) < 4.78 is 44.5. The molecule has 3 heterocycles. The number of pyridine rings is 1. The van der Waals surface area contributed by atoms with Crippen LogP contribution in [0.3, 0.4) is 0 Å². The number of carbonyl (C=O) groups is 2. The molecule has 7 nitrogen and oxygen atoms in total. The van der Waals surface area contributed by atoms with Crippen molar-refractivity contribution in [2.24, 2.45) is 0 Å². The van der Waals surface area contributed by atoms with Gasteiger partial charge in [0.1, 0.15) is 12.1 Å². The molecule has 3 rings (SSSR count). The highest BCUT2D eigenvalue weighted by Gasteiger charge is 2.41. The van der Waals surface area contributed by atoms with Crippen molar-refractivity contribution in [3.8, 4) is 0 Å². The average molecular weight is 373 g/mol. The van der Waals surface area contributed by atoms with E-state index in [2.05, 4.69) is 5.32 Å². The lowest BCUT2D eigenvalue weighted by Crippen LogP contribution is -2.39. The zero-order valence-electron chi connectivity index (χ0n) is 13.8. The van der Waals surface area contributed by atoms with Gasteiger partial charge in [0.25, 0.3) is 5.56 Å². The summed E-state index contributed by atoms with van der Waals surface area (Å²) in [7, 11) is 0. The van der Waals surface area contributed by atoms with E-state index in [0.29, 0.717) is 51.2 Å². The van der Waals surface area contributed by atoms with Gasteiger partial charge in [-0.1, -0.05) is 0 Å². The Morgan fingerprint density at radius 1 is 1.23 bits per heavy atom. The fourth-order valence-corrected chi connectivity index (χ4v) is 3.27. The van der Waals surface area contributed by atoms with Crippen LogP contribution in [0.5, 0.6) is 0 Å².